The van der Waals surface area contributed by atoms with Crippen molar-refractivity contribution in [1.29, 1.82) is 0 Å². The van der Waals surface area contributed by atoms with Crippen molar-refractivity contribution < 1.29 is 9.84 Å². The lowest BCUT2D eigenvalue weighted by Gasteiger charge is -2.07. The molecule has 21 heavy (non-hydrogen) atoms. The maximum Gasteiger partial charge on any atom is 0.133 e. The summed E-state index contributed by atoms with van der Waals surface area (Å²) in [4.78, 5) is 0. The minimum atomic E-state index is 0.241. The Bertz CT molecular complexity index is 811. The summed E-state index contributed by atoms with van der Waals surface area (Å²) >= 11 is 6.18. The zero-order valence-electron chi connectivity index (χ0n) is 11.8. The Morgan fingerprint density at radius 1 is 1.19 bits per heavy atom. The van der Waals surface area contributed by atoms with Crippen molar-refractivity contribution in [1.82, 2.24) is 9.78 Å². The van der Waals surface area contributed by atoms with E-state index in [4.69, 9.17) is 16.3 Å². The Kier molecular flexibility index (Phi) is 3.47. The lowest BCUT2D eigenvalue weighted by molar-refractivity contribution is 0.306. The second kappa shape index (κ2) is 5.30. The number of benzene rings is 2. The molecule has 0 atom stereocenters. The van der Waals surface area contributed by atoms with Gasteiger partial charge >= 0.3 is 0 Å². The molecule has 108 valence electrons. The predicted octanol–water partition coefficient (Wildman–Crippen LogP) is 3.82. The molecule has 3 rings (SSSR count). The molecule has 0 fully saturated rings. The molecular formula is C16H15ClN2O2. The molecule has 0 aliphatic carbocycles. The van der Waals surface area contributed by atoms with Gasteiger partial charge in [-0.25, -0.2) is 0 Å². The number of nitrogens with zero attached hydrogens (tertiary/aromatic N) is 2. The fraction of sp³-hybridized carbons (Fsp3) is 0.188. The first-order valence-corrected chi connectivity index (χ1v) is 6.96. The number of fused-ring (bicyclic) bond motifs is 1. The lowest BCUT2D eigenvalue weighted by Crippen LogP contribution is -1.97. The molecule has 0 aliphatic rings. The summed E-state index contributed by atoms with van der Waals surface area (Å²) in [6.45, 7) is 2.27. The number of rotatable bonds is 3. The zero-order valence-corrected chi connectivity index (χ0v) is 12.6. The van der Waals surface area contributed by atoms with Gasteiger partial charge in [-0.1, -0.05) is 23.7 Å². The van der Waals surface area contributed by atoms with Crippen molar-refractivity contribution in [3.63, 3.8) is 0 Å². The summed E-state index contributed by atoms with van der Waals surface area (Å²) in [5.41, 5.74) is 1.75. The van der Waals surface area contributed by atoms with Crippen molar-refractivity contribution >= 4 is 22.4 Å². The molecule has 0 spiro atoms. The minimum Gasteiger partial charge on any atom is -0.508 e. The number of aryl methyl sites for hydroxylation is 2. The summed E-state index contributed by atoms with van der Waals surface area (Å²) in [5.74, 6) is 0.971. The van der Waals surface area contributed by atoms with Gasteiger partial charge in [0.1, 0.15) is 23.3 Å². The molecule has 0 saturated heterocycles. The van der Waals surface area contributed by atoms with E-state index in [0.29, 0.717) is 11.8 Å². The van der Waals surface area contributed by atoms with E-state index in [9.17, 15) is 5.11 Å². The Labute approximate surface area is 127 Å². The molecule has 5 heteroatoms. The number of phenols is 1. The average molecular weight is 303 g/mol. The standard InChI is InChI=1S/C16H15ClN2O2/c1-10-15(16(17)19(2)18-10)9-21-14-6-4-11-3-5-13(20)7-12(11)8-14/h3-8,20H,9H2,1-2H3. The lowest BCUT2D eigenvalue weighted by atomic mass is 10.1. The van der Waals surface area contributed by atoms with Gasteiger partial charge in [0.05, 0.1) is 5.69 Å². The topological polar surface area (TPSA) is 47.3 Å². The highest BCUT2D eigenvalue weighted by molar-refractivity contribution is 6.30. The van der Waals surface area contributed by atoms with Gasteiger partial charge in [0.2, 0.25) is 0 Å². The van der Waals surface area contributed by atoms with E-state index in [-0.39, 0.29) is 5.75 Å². The van der Waals surface area contributed by atoms with Gasteiger partial charge in [0.15, 0.2) is 0 Å². The smallest absolute Gasteiger partial charge is 0.133 e. The minimum absolute atomic E-state index is 0.241. The van der Waals surface area contributed by atoms with Gasteiger partial charge in [0, 0.05) is 12.6 Å². The van der Waals surface area contributed by atoms with E-state index in [1.807, 2.05) is 31.2 Å². The third kappa shape index (κ3) is 2.67. The van der Waals surface area contributed by atoms with E-state index >= 15 is 0 Å². The third-order valence-electron chi connectivity index (χ3n) is 3.45. The van der Waals surface area contributed by atoms with E-state index in [0.717, 1.165) is 27.8 Å². The van der Waals surface area contributed by atoms with Crippen LogP contribution in [0.5, 0.6) is 11.5 Å². The second-order valence-corrected chi connectivity index (χ2v) is 5.32. The van der Waals surface area contributed by atoms with Gasteiger partial charge in [-0.3, -0.25) is 4.68 Å². The maximum atomic E-state index is 9.54. The number of ether oxygens (including phenoxy) is 1. The molecule has 1 N–H and O–H groups in total. The Balaban J connectivity index is 1.85. The van der Waals surface area contributed by atoms with Gasteiger partial charge in [0.25, 0.3) is 0 Å². The first kappa shape index (κ1) is 13.8. The molecule has 3 aromatic rings. The van der Waals surface area contributed by atoms with E-state index in [1.54, 1.807) is 23.9 Å². The molecule has 0 radical (unpaired) electrons. The molecule has 0 saturated carbocycles. The van der Waals surface area contributed by atoms with Crippen molar-refractivity contribution in [2.24, 2.45) is 7.05 Å². The molecule has 2 aromatic carbocycles. The van der Waals surface area contributed by atoms with Crippen molar-refractivity contribution in [2.75, 3.05) is 0 Å². The SMILES string of the molecule is Cc1nn(C)c(Cl)c1COc1ccc2ccc(O)cc2c1. The number of phenolic OH excluding ortho intramolecular Hbond substituents is 1. The fourth-order valence-corrected chi connectivity index (χ4v) is 2.52. The summed E-state index contributed by atoms with van der Waals surface area (Å²) in [6, 6.07) is 11.0. The fourth-order valence-electron chi connectivity index (χ4n) is 2.30. The van der Waals surface area contributed by atoms with E-state index in [1.165, 1.54) is 0 Å². The summed E-state index contributed by atoms with van der Waals surface area (Å²) in [6.07, 6.45) is 0. The van der Waals surface area contributed by atoms with Gasteiger partial charge < -0.3 is 9.84 Å². The highest BCUT2D eigenvalue weighted by Crippen LogP contribution is 2.26. The Morgan fingerprint density at radius 3 is 2.67 bits per heavy atom. The summed E-state index contributed by atoms with van der Waals surface area (Å²) in [7, 11) is 1.80. The van der Waals surface area contributed by atoms with Crippen molar-refractivity contribution in [3.8, 4) is 11.5 Å². The first-order chi connectivity index (χ1) is 10.0. The highest BCUT2D eigenvalue weighted by Gasteiger charge is 2.11. The van der Waals surface area contributed by atoms with Gasteiger partial charge in [-0.2, -0.15) is 5.10 Å². The summed E-state index contributed by atoms with van der Waals surface area (Å²) in [5, 5.41) is 16.4. The molecule has 0 amide bonds. The van der Waals surface area contributed by atoms with Crippen LogP contribution in [-0.4, -0.2) is 14.9 Å². The Hall–Kier alpha value is -2.20. The van der Waals surface area contributed by atoms with Crippen LogP contribution in [0.1, 0.15) is 11.3 Å². The van der Waals surface area contributed by atoms with Crippen LogP contribution in [0.4, 0.5) is 0 Å². The quantitative estimate of drug-likeness (QED) is 0.800. The molecule has 1 aromatic heterocycles. The molecule has 1 heterocycles. The van der Waals surface area contributed by atoms with Crippen LogP contribution in [0.25, 0.3) is 10.8 Å². The van der Waals surface area contributed by atoms with Gasteiger partial charge in [-0.15, -0.1) is 0 Å². The van der Waals surface area contributed by atoms with Crippen LogP contribution in [-0.2, 0) is 13.7 Å². The molecule has 0 bridgehead atoms. The van der Waals surface area contributed by atoms with Gasteiger partial charge in [-0.05, 0) is 42.0 Å². The zero-order chi connectivity index (χ0) is 15.0. The number of hydrogen-bond acceptors (Lipinski definition) is 3. The van der Waals surface area contributed by atoms with Crippen LogP contribution in [0.15, 0.2) is 36.4 Å². The normalized spacial score (nSPS) is 11.0. The van der Waals surface area contributed by atoms with Crippen LogP contribution in [0, 0.1) is 6.92 Å². The molecular weight excluding hydrogens is 288 g/mol. The monoisotopic (exact) mass is 302 g/mol. The first-order valence-electron chi connectivity index (χ1n) is 6.58. The largest absolute Gasteiger partial charge is 0.508 e. The average Bonchev–Trinajstić information content (AvgIpc) is 2.69. The molecule has 4 nitrogen and oxygen atoms in total. The third-order valence-corrected chi connectivity index (χ3v) is 3.92. The maximum absolute atomic E-state index is 9.54. The Morgan fingerprint density at radius 2 is 1.95 bits per heavy atom. The van der Waals surface area contributed by atoms with Crippen LogP contribution in [0.3, 0.4) is 0 Å². The van der Waals surface area contributed by atoms with E-state index < -0.39 is 0 Å². The predicted molar refractivity (Wildman–Crippen MR) is 82.9 cm³/mol. The number of aromatic hydroxyl groups is 1. The number of halogens is 1. The van der Waals surface area contributed by atoms with Crippen molar-refractivity contribution in [3.05, 3.63) is 52.8 Å². The van der Waals surface area contributed by atoms with Crippen molar-refractivity contribution in [2.45, 2.75) is 13.5 Å². The van der Waals surface area contributed by atoms with Crippen LogP contribution >= 0.6 is 11.6 Å². The van der Waals surface area contributed by atoms with Crippen LogP contribution in [0.2, 0.25) is 5.15 Å². The highest BCUT2D eigenvalue weighted by atomic mass is 35.5. The number of hydrogen-bond donors (Lipinski definition) is 1. The summed E-state index contributed by atoms with van der Waals surface area (Å²) < 4.78 is 7.43. The second-order valence-electron chi connectivity index (χ2n) is 4.96. The van der Waals surface area contributed by atoms with Crippen LogP contribution < -0.4 is 4.74 Å². The van der Waals surface area contributed by atoms with E-state index in [2.05, 4.69) is 5.10 Å². The molecule has 0 aliphatic heterocycles. The number of aromatic nitrogens is 2. The molecule has 0 unspecified atom stereocenters.